The molecule has 0 spiro atoms. The van der Waals surface area contributed by atoms with E-state index < -0.39 is 0 Å². The second kappa shape index (κ2) is 7.09. The lowest BCUT2D eigenvalue weighted by molar-refractivity contribution is -0.136. The van der Waals surface area contributed by atoms with Gasteiger partial charge in [-0.3, -0.25) is 4.79 Å². The van der Waals surface area contributed by atoms with Crippen LogP contribution in [0.4, 0.5) is 0 Å². The molecule has 2 saturated heterocycles. The summed E-state index contributed by atoms with van der Waals surface area (Å²) in [5.41, 5.74) is 0. The Hall–Kier alpha value is -0.320. The quantitative estimate of drug-likeness (QED) is 0.762. The molecule has 4 nitrogen and oxygen atoms in total. The topological polar surface area (TPSA) is 50.4 Å². The van der Waals surface area contributed by atoms with E-state index in [0.717, 1.165) is 51.8 Å². The summed E-state index contributed by atoms with van der Waals surface area (Å²) in [4.78, 5) is 11.8. The Morgan fingerprint density at radius 1 is 1.19 bits per heavy atom. The molecule has 1 unspecified atom stereocenters. The monoisotopic (exact) mass is 248 g/mol. The first-order valence-corrected chi connectivity index (χ1v) is 5.99. The van der Waals surface area contributed by atoms with Crippen LogP contribution in [0, 0.1) is 0 Å². The minimum atomic E-state index is -0.186. The number of halogens is 1. The molecule has 0 bridgehead atoms. The largest absolute Gasteiger partial charge is 0.368 e. The van der Waals surface area contributed by atoms with Crippen molar-refractivity contribution in [3.63, 3.8) is 0 Å². The Morgan fingerprint density at radius 3 is 2.56 bits per heavy atom. The molecule has 2 rings (SSSR count). The molecule has 1 atom stereocenters. The van der Waals surface area contributed by atoms with E-state index in [4.69, 9.17) is 4.74 Å². The fourth-order valence-corrected chi connectivity index (χ4v) is 2.21. The molecule has 2 aliphatic heterocycles. The molecule has 0 radical (unpaired) electrons. The van der Waals surface area contributed by atoms with Gasteiger partial charge in [0.1, 0.15) is 6.10 Å². The summed E-state index contributed by atoms with van der Waals surface area (Å²) >= 11 is 0. The van der Waals surface area contributed by atoms with Crippen LogP contribution in [0.25, 0.3) is 0 Å². The molecule has 1 amide bonds. The number of amides is 1. The van der Waals surface area contributed by atoms with Gasteiger partial charge in [-0.1, -0.05) is 0 Å². The second-order valence-corrected chi connectivity index (χ2v) is 4.39. The fourth-order valence-electron chi connectivity index (χ4n) is 2.21. The second-order valence-electron chi connectivity index (χ2n) is 4.39. The Morgan fingerprint density at radius 2 is 1.94 bits per heavy atom. The first-order chi connectivity index (χ1) is 7.36. The summed E-state index contributed by atoms with van der Waals surface area (Å²) in [5.74, 6) is 0.0987. The first kappa shape index (κ1) is 13.7. The van der Waals surface area contributed by atoms with Gasteiger partial charge in [-0.05, 0) is 45.2 Å². The molecule has 0 aromatic rings. The lowest BCUT2D eigenvalue weighted by atomic mass is 10.0. The Bertz CT molecular complexity index is 214. The third-order valence-electron chi connectivity index (χ3n) is 3.16. The van der Waals surface area contributed by atoms with Gasteiger partial charge >= 0.3 is 0 Å². The Balaban J connectivity index is 0.00000128. The highest BCUT2D eigenvalue weighted by Crippen LogP contribution is 2.13. The van der Waals surface area contributed by atoms with E-state index in [1.165, 1.54) is 0 Å². The van der Waals surface area contributed by atoms with Crippen LogP contribution in [0.1, 0.15) is 32.1 Å². The maximum atomic E-state index is 11.8. The molecular formula is C11H21ClN2O2. The maximum Gasteiger partial charge on any atom is 0.249 e. The van der Waals surface area contributed by atoms with Crippen LogP contribution in [0.2, 0.25) is 0 Å². The van der Waals surface area contributed by atoms with E-state index in [1.807, 2.05) is 0 Å². The van der Waals surface area contributed by atoms with Gasteiger partial charge in [-0.15, -0.1) is 12.4 Å². The third-order valence-corrected chi connectivity index (χ3v) is 3.16. The zero-order valence-electron chi connectivity index (χ0n) is 9.54. The van der Waals surface area contributed by atoms with Gasteiger partial charge in [0.2, 0.25) is 5.91 Å². The van der Waals surface area contributed by atoms with Crippen LogP contribution < -0.4 is 10.6 Å². The molecule has 0 aliphatic carbocycles. The number of piperidine rings is 1. The third kappa shape index (κ3) is 3.92. The number of carbonyl (C=O) groups excluding carboxylic acids is 1. The van der Waals surface area contributed by atoms with Crippen LogP contribution in [0.5, 0.6) is 0 Å². The first-order valence-electron chi connectivity index (χ1n) is 5.99. The molecule has 0 aromatic heterocycles. The molecule has 2 heterocycles. The van der Waals surface area contributed by atoms with Crippen molar-refractivity contribution in [1.82, 2.24) is 10.6 Å². The lowest BCUT2D eigenvalue weighted by Crippen LogP contribution is -2.47. The molecule has 2 aliphatic rings. The van der Waals surface area contributed by atoms with Gasteiger partial charge in [0.05, 0.1) is 0 Å². The average Bonchev–Trinajstić information content (AvgIpc) is 2.31. The van der Waals surface area contributed by atoms with E-state index in [0.29, 0.717) is 6.04 Å². The van der Waals surface area contributed by atoms with Crippen molar-refractivity contribution in [1.29, 1.82) is 0 Å². The van der Waals surface area contributed by atoms with Crippen molar-refractivity contribution in [2.24, 2.45) is 0 Å². The van der Waals surface area contributed by atoms with Crippen LogP contribution in [-0.2, 0) is 9.53 Å². The number of rotatable bonds is 2. The molecule has 0 aromatic carbocycles. The van der Waals surface area contributed by atoms with E-state index in [1.54, 1.807) is 0 Å². The highest BCUT2D eigenvalue weighted by Gasteiger charge is 2.24. The number of carbonyl (C=O) groups is 1. The van der Waals surface area contributed by atoms with Crippen molar-refractivity contribution in [2.75, 3.05) is 19.7 Å². The van der Waals surface area contributed by atoms with Crippen molar-refractivity contribution in [2.45, 2.75) is 44.2 Å². The molecule has 2 fully saturated rings. The normalized spacial score (nSPS) is 26.9. The number of ether oxygens (including phenoxy) is 1. The highest BCUT2D eigenvalue weighted by molar-refractivity contribution is 5.85. The number of hydrogen-bond donors (Lipinski definition) is 2. The van der Waals surface area contributed by atoms with E-state index in [-0.39, 0.29) is 24.4 Å². The van der Waals surface area contributed by atoms with E-state index >= 15 is 0 Å². The number of hydrogen-bond acceptors (Lipinski definition) is 3. The predicted octanol–water partition coefficient (Wildman–Crippen LogP) is 0.845. The summed E-state index contributed by atoms with van der Waals surface area (Å²) < 4.78 is 5.45. The molecule has 16 heavy (non-hydrogen) atoms. The number of nitrogens with one attached hydrogen (secondary N) is 2. The van der Waals surface area contributed by atoms with Crippen LogP contribution >= 0.6 is 12.4 Å². The van der Waals surface area contributed by atoms with Gasteiger partial charge in [-0.2, -0.15) is 0 Å². The van der Waals surface area contributed by atoms with Crippen molar-refractivity contribution in [3.05, 3.63) is 0 Å². The van der Waals surface area contributed by atoms with Crippen molar-refractivity contribution in [3.8, 4) is 0 Å². The maximum absolute atomic E-state index is 11.8. The van der Waals surface area contributed by atoms with Crippen molar-refractivity contribution >= 4 is 18.3 Å². The minimum absolute atomic E-state index is 0. The summed E-state index contributed by atoms with van der Waals surface area (Å²) in [7, 11) is 0. The smallest absolute Gasteiger partial charge is 0.249 e. The van der Waals surface area contributed by atoms with Gasteiger partial charge in [0.25, 0.3) is 0 Å². The summed E-state index contributed by atoms with van der Waals surface area (Å²) in [6.45, 7) is 2.76. The standard InChI is InChI=1S/C11H20N2O2.ClH/c14-11(10-3-1-2-8-15-10)13-9-4-6-12-7-5-9;/h9-10,12H,1-8H2,(H,13,14);1H. The van der Waals surface area contributed by atoms with Crippen LogP contribution in [-0.4, -0.2) is 37.7 Å². The highest BCUT2D eigenvalue weighted by atomic mass is 35.5. The van der Waals surface area contributed by atoms with Crippen molar-refractivity contribution < 1.29 is 9.53 Å². The minimum Gasteiger partial charge on any atom is -0.368 e. The zero-order chi connectivity index (χ0) is 10.5. The Labute approximate surface area is 103 Å². The summed E-state index contributed by atoms with van der Waals surface area (Å²) in [5, 5.41) is 6.37. The predicted molar refractivity (Wildman–Crippen MR) is 64.9 cm³/mol. The van der Waals surface area contributed by atoms with Crippen LogP contribution in [0.15, 0.2) is 0 Å². The molecule has 2 N–H and O–H groups in total. The molecule has 5 heteroatoms. The van der Waals surface area contributed by atoms with Gasteiger partial charge in [-0.25, -0.2) is 0 Å². The Kier molecular flexibility index (Phi) is 6.09. The van der Waals surface area contributed by atoms with Gasteiger partial charge < -0.3 is 15.4 Å². The van der Waals surface area contributed by atoms with E-state index in [2.05, 4.69) is 10.6 Å². The van der Waals surface area contributed by atoms with Crippen LogP contribution in [0.3, 0.4) is 0 Å². The SMILES string of the molecule is Cl.O=C(NC1CCNCC1)C1CCCCO1. The molecule has 0 saturated carbocycles. The van der Waals surface area contributed by atoms with E-state index in [9.17, 15) is 4.79 Å². The summed E-state index contributed by atoms with van der Waals surface area (Å²) in [6, 6.07) is 0.351. The summed E-state index contributed by atoms with van der Waals surface area (Å²) in [6.07, 6.45) is 4.99. The van der Waals surface area contributed by atoms with Gasteiger partial charge in [0, 0.05) is 12.6 Å². The fraction of sp³-hybridized carbons (Fsp3) is 0.909. The molecular weight excluding hydrogens is 228 g/mol. The lowest BCUT2D eigenvalue weighted by Gasteiger charge is -2.27. The van der Waals surface area contributed by atoms with Gasteiger partial charge in [0.15, 0.2) is 0 Å². The molecule has 94 valence electrons. The average molecular weight is 249 g/mol. The zero-order valence-corrected chi connectivity index (χ0v) is 10.4.